The number of likely N-dealkylation sites (tertiary alicyclic amines) is 2. The van der Waals surface area contributed by atoms with Crippen molar-refractivity contribution in [1.82, 2.24) is 15.1 Å². The molecule has 1 aromatic rings. The Labute approximate surface area is 175 Å². The molecule has 5 nitrogen and oxygen atoms in total. The molecule has 0 unspecified atom stereocenters. The Morgan fingerprint density at radius 3 is 2.48 bits per heavy atom. The van der Waals surface area contributed by atoms with Gasteiger partial charge in [0.05, 0.1) is 6.54 Å². The van der Waals surface area contributed by atoms with Gasteiger partial charge in [-0.2, -0.15) is 0 Å². The van der Waals surface area contributed by atoms with Crippen LogP contribution in [0.25, 0.3) is 0 Å². The number of amides is 1. The van der Waals surface area contributed by atoms with Gasteiger partial charge in [0, 0.05) is 39.1 Å². The van der Waals surface area contributed by atoms with Gasteiger partial charge in [0.1, 0.15) is 0 Å². The van der Waals surface area contributed by atoms with Gasteiger partial charge in [0.15, 0.2) is 5.96 Å². The topological polar surface area (TPSA) is 47.9 Å². The highest BCUT2D eigenvalue weighted by atomic mass is 16.2. The Morgan fingerprint density at radius 2 is 1.79 bits per heavy atom. The molecule has 0 aromatic heterocycles. The molecule has 2 aliphatic heterocycles. The number of carbonyl (C=O) groups excluding carboxylic acids is 1. The predicted molar refractivity (Wildman–Crippen MR) is 118 cm³/mol. The van der Waals surface area contributed by atoms with Gasteiger partial charge in [0.25, 0.3) is 0 Å². The first kappa shape index (κ1) is 20.2. The third-order valence-electron chi connectivity index (χ3n) is 6.97. The first-order valence-electron chi connectivity index (χ1n) is 11.6. The number of hydrogen-bond donors (Lipinski definition) is 1. The Hall–Kier alpha value is -2.04. The maximum absolute atomic E-state index is 11.8. The van der Waals surface area contributed by atoms with Crippen molar-refractivity contribution in [1.29, 1.82) is 0 Å². The van der Waals surface area contributed by atoms with Gasteiger partial charge in [-0.05, 0) is 49.1 Å². The van der Waals surface area contributed by atoms with E-state index in [1.54, 1.807) is 0 Å². The van der Waals surface area contributed by atoms with Crippen LogP contribution in [0.1, 0.15) is 69.4 Å². The number of hydrogen-bond acceptors (Lipinski definition) is 2. The lowest BCUT2D eigenvalue weighted by Gasteiger charge is -2.33. The maximum atomic E-state index is 11.8. The normalized spacial score (nSPS) is 22.0. The van der Waals surface area contributed by atoms with Crippen molar-refractivity contribution in [3.63, 3.8) is 0 Å². The van der Waals surface area contributed by atoms with Gasteiger partial charge in [-0.15, -0.1) is 0 Å². The van der Waals surface area contributed by atoms with Gasteiger partial charge in [0.2, 0.25) is 5.91 Å². The van der Waals surface area contributed by atoms with Crippen LogP contribution in [-0.2, 0) is 17.9 Å². The summed E-state index contributed by atoms with van der Waals surface area (Å²) in [6.07, 6.45) is 10.0. The molecular formula is C24H36N4O. The van der Waals surface area contributed by atoms with Crippen molar-refractivity contribution in [3.8, 4) is 0 Å². The molecule has 1 saturated carbocycles. The average Bonchev–Trinajstić information content (AvgIpc) is 3.33. The molecule has 2 heterocycles. The van der Waals surface area contributed by atoms with E-state index in [4.69, 9.17) is 4.99 Å². The molecule has 3 aliphatic rings. The van der Waals surface area contributed by atoms with Crippen LogP contribution in [0, 0.1) is 5.41 Å². The summed E-state index contributed by atoms with van der Waals surface area (Å²) in [4.78, 5) is 21.2. The van der Waals surface area contributed by atoms with Crippen LogP contribution in [0.15, 0.2) is 29.3 Å². The van der Waals surface area contributed by atoms with Crippen molar-refractivity contribution in [2.45, 2.75) is 71.4 Å². The number of nitrogens with one attached hydrogen (secondary N) is 1. The van der Waals surface area contributed by atoms with Gasteiger partial charge >= 0.3 is 0 Å². The fourth-order valence-corrected chi connectivity index (χ4v) is 5.26. The molecule has 4 rings (SSSR count). The van der Waals surface area contributed by atoms with E-state index >= 15 is 0 Å². The summed E-state index contributed by atoms with van der Waals surface area (Å²) in [7, 11) is 0. The van der Waals surface area contributed by atoms with Crippen molar-refractivity contribution in [2.24, 2.45) is 10.4 Å². The van der Waals surface area contributed by atoms with Gasteiger partial charge in [-0.25, -0.2) is 4.99 Å². The molecule has 5 heteroatoms. The van der Waals surface area contributed by atoms with Crippen LogP contribution in [0.5, 0.6) is 0 Å². The van der Waals surface area contributed by atoms with Crippen LogP contribution in [0.2, 0.25) is 0 Å². The minimum Gasteiger partial charge on any atom is -0.357 e. The number of rotatable bonds is 5. The number of benzene rings is 1. The smallest absolute Gasteiger partial charge is 0.222 e. The lowest BCUT2D eigenvalue weighted by molar-refractivity contribution is -0.128. The van der Waals surface area contributed by atoms with Gasteiger partial charge in [-0.1, -0.05) is 43.5 Å². The molecule has 1 spiro atoms. The first-order valence-corrected chi connectivity index (χ1v) is 11.6. The third kappa shape index (κ3) is 4.93. The SMILES string of the molecule is CCNC(=NCc1ccc(CN2CCCC2=O)cc1)N1CCC2(CCCCC2)C1. The number of aliphatic imine (C=N–C) groups is 1. The van der Waals surface area contributed by atoms with E-state index in [0.29, 0.717) is 18.4 Å². The summed E-state index contributed by atoms with van der Waals surface area (Å²) < 4.78 is 0. The summed E-state index contributed by atoms with van der Waals surface area (Å²) in [6, 6.07) is 8.62. The predicted octanol–water partition coefficient (Wildman–Crippen LogP) is 3.93. The molecule has 158 valence electrons. The quantitative estimate of drug-likeness (QED) is 0.606. The molecule has 1 aromatic carbocycles. The summed E-state index contributed by atoms with van der Waals surface area (Å²) in [5.41, 5.74) is 2.98. The Kier molecular flexibility index (Phi) is 6.41. The summed E-state index contributed by atoms with van der Waals surface area (Å²) in [5.74, 6) is 1.36. The van der Waals surface area contributed by atoms with Crippen LogP contribution in [0.3, 0.4) is 0 Å². The van der Waals surface area contributed by atoms with Crippen molar-refractivity contribution < 1.29 is 4.79 Å². The highest BCUT2D eigenvalue weighted by molar-refractivity contribution is 5.80. The van der Waals surface area contributed by atoms with E-state index in [2.05, 4.69) is 41.4 Å². The summed E-state index contributed by atoms with van der Waals surface area (Å²) >= 11 is 0. The van der Waals surface area contributed by atoms with E-state index < -0.39 is 0 Å². The molecule has 2 saturated heterocycles. The second-order valence-electron chi connectivity index (χ2n) is 9.14. The molecule has 1 amide bonds. The van der Waals surface area contributed by atoms with E-state index in [-0.39, 0.29) is 5.91 Å². The lowest BCUT2D eigenvalue weighted by Crippen LogP contribution is -2.41. The van der Waals surface area contributed by atoms with Crippen molar-refractivity contribution >= 4 is 11.9 Å². The molecule has 3 fully saturated rings. The minimum absolute atomic E-state index is 0.287. The zero-order valence-corrected chi connectivity index (χ0v) is 18.0. The van der Waals surface area contributed by atoms with Gasteiger partial charge < -0.3 is 15.1 Å². The Morgan fingerprint density at radius 1 is 1.03 bits per heavy atom. The second-order valence-corrected chi connectivity index (χ2v) is 9.14. The summed E-state index contributed by atoms with van der Waals surface area (Å²) in [5, 5.41) is 3.51. The standard InChI is InChI=1S/C24H36N4O/c1-2-25-23(28-16-14-24(19-28)12-4-3-5-13-24)26-17-20-8-10-21(11-9-20)18-27-15-6-7-22(27)29/h8-11H,2-7,12-19H2,1H3,(H,25,26). The number of carbonyl (C=O) groups is 1. The largest absolute Gasteiger partial charge is 0.357 e. The van der Waals surface area contributed by atoms with E-state index in [9.17, 15) is 4.79 Å². The van der Waals surface area contributed by atoms with E-state index in [0.717, 1.165) is 38.6 Å². The Balaban J connectivity index is 1.36. The van der Waals surface area contributed by atoms with Crippen LogP contribution < -0.4 is 5.32 Å². The summed E-state index contributed by atoms with van der Waals surface area (Å²) in [6.45, 7) is 7.70. The molecular weight excluding hydrogens is 360 g/mol. The zero-order chi connectivity index (χ0) is 20.1. The first-order chi connectivity index (χ1) is 14.2. The minimum atomic E-state index is 0.287. The average molecular weight is 397 g/mol. The lowest BCUT2D eigenvalue weighted by atomic mass is 9.73. The molecule has 0 atom stereocenters. The van der Waals surface area contributed by atoms with Crippen LogP contribution in [0.4, 0.5) is 0 Å². The highest BCUT2D eigenvalue weighted by Crippen LogP contribution is 2.43. The maximum Gasteiger partial charge on any atom is 0.222 e. The number of guanidine groups is 1. The van der Waals surface area contributed by atoms with Crippen molar-refractivity contribution in [2.75, 3.05) is 26.2 Å². The van der Waals surface area contributed by atoms with Crippen LogP contribution in [-0.4, -0.2) is 47.8 Å². The molecule has 1 N–H and O–H groups in total. The molecule has 1 aliphatic carbocycles. The van der Waals surface area contributed by atoms with Crippen LogP contribution >= 0.6 is 0 Å². The van der Waals surface area contributed by atoms with Crippen molar-refractivity contribution in [3.05, 3.63) is 35.4 Å². The molecule has 0 bridgehead atoms. The monoisotopic (exact) mass is 396 g/mol. The third-order valence-corrected chi connectivity index (χ3v) is 6.97. The van der Waals surface area contributed by atoms with E-state index in [1.165, 1.54) is 56.2 Å². The number of nitrogens with zero attached hydrogens (tertiary/aromatic N) is 3. The second kappa shape index (κ2) is 9.19. The fraction of sp³-hybridized carbons (Fsp3) is 0.667. The van der Waals surface area contributed by atoms with E-state index in [1.807, 2.05) is 4.90 Å². The molecule has 0 radical (unpaired) electrons. The highest BCUT2D eigenvalue weighted by Gasteiger charge is 2.39. The Bertz CT molecular complexity index is 721. The molecule has 29 heavy (non-hydrogen) atoms. The zero-order valence-electron chi connectivity index (χ0n) is 18.0. The fourth-order valence-electron chi connectivity index (χ4n) is 5.26. The van der Waals surface area contributed by atoms with Gasteiger partial charge in [-0.3, -0.25) is 4.79 Å².